The van der Waals surface area contributed by atoms with E-state index in [-0.39, 0.29) is 4.90 Å². The smallest absolute Gasteiger partial charge is 0.276 e. The van der Waals surface area contributed by atoms with E-state index in [1.165, 1.54) is 30.5 Å². The highest BCUT2D eigenvalue weighted by atomic mass is 35.5. The highest BCUT2D eigenvalue weighted by Crippen LogP contribution is 2.26. The van der Waals surface area contributed by atoms with E-state index in [2.05, 4.69) is 9.93 Å². The fourth-order valence-corrected chi connectivity index (χ4v) is 4.31. The molecule has 0 aliphatic heterocycles. The molecule has 9 heteroatoms. The Labute approximate surface area is 179 Å². The fraction of sp³-hybridized carbons (Fsp3) is 0.150. The van der Waals surface area contributed by atoms with Gasteiger partial charge in [-0.25, -0.2) is 4.83 Å². The molecule has 0 bridgehead atoms. The largest absolute Gasteiger partial charge is 0.496 e. The molecule has 152 valence electrons. The minimum Gasteiger partial charge on any atom is -0.496 e. The Bertz CT molecular complexity index is 1070. The fourth-order valence-electron chi connectivity index (χ4n) is 2.48. The Balaban J connectivity index is 1.66. The van der Waals surface area contributed by atoms with Crippen LogP contribution in [0.25, 0.3) is 0 Å². The van der Waals surface area contributed by atoms with Crippen LogP contribution in [0.2, 0.25) is 5.02 Å². The molecule has 0 amide bonds. The van der Waals surface area contributed by atoms with Crippen LogP contribution in [0.4, 0.5) is 0 Å². The molecule has 0 unspecified atom stereocenters. The molecule has 1 N–H and O–H groups in total. The lowest BCUT2D eigenvalue weighted by molar-refractivity contribution is 0.411. The summed E-state index contributed by atoms with van der Waals surface area (Å²) in [6, 6.07) is 15.2. The van der Waals surface area contributed by atoms with Crippen molar-refractivity contribution in [3.05, 3.63) is 82.8 Å². The van der Waals surface area contributed by atoms with Crippen molar-refractivity contribution in [2.24, 2.45) is 5.10 Å². The predicted molar refractivity (Wildman–Crippen MR) is 116 cm³/mol. The van der Waals surface area contributed by atoms with Crippen LogP contribution in [0.15, 0.2) is 75.3 Å². The van der Waals surface area contributed by atoms with Gasteiger partial charge in [-0.2, -0.15) is 13.5 Å². The van der Waals surface area contributed by atoms with Crippen molar-refractivity contribution in [3.63, 3.8) is 0 Å². The normalized spacial score (nSPS) is 11.7. The van der Waals surface area contributed by atoms with Crippen molar-refractivity contribution < 1.29 is 17.6 Å². The minimum atomic E-state index is -3.76. The van der Waals surface area contributed by atoms with Crippen molar-refractivity contribution in [1.82, 2.24) is 4.83 Å². The SMILES string of the molecule is COc1ccc(C=NNS(=O)(=O)c2ccc(Cl)cc2)cc1CSCc1ccco1. The summed E-state index contributed by atoms with van der Waals surface area (Å²) in [7, 11) is -2.14. The van der Waals surface area contributed by atoms with Crippen LogP contribution in [0.3, 0.4) is 0 Å². The second kappa shape index (κ2) is 9.87. The summed E-state index contributed by atoms with van der Waals surface area (Å²) >= 11 is 7.48. The lowest BCUT2D eigenvalue weighted by Crippen LogP contribution is -2.18. The number of rotatable bonds is 9. The van der Waals surface area contributed by atoms with Crippen molar-refractivity contribution in [1.29, 1.82) is 0 Å². The first-order chi connectivity index (χ1) is 14.0. The molecule has 29 heavy (non-hydrogen) atoms. The van der Waals surface area contributed by atoms with Crippen molar-refractivity contribution in [2.45, 2.75) is 16.4 Å². The van der Waals surface area contributed by atoms with Crippen molar-refractivity contribution in [2.75, 3.05) is 7.11 Å². The number of methoxy groups -OCH3 is 1. The number of hydrogen-bond donors (Lipinski definition) is 1. The van der Waals surface area contributed by atoms with E-state index in [4.69, 9.17) is 20.8 Å². The molecule has 1 aromatic heterocycles. The summed E-state index contributed by atoms with van der Waals surface area (Å²) in [5.74, 6) is 3.12. The third kappa shape index (κ3) is 6.03. The van der Waals surface area contributed by atoms with E-state index in [0.717, 1.165) is 28.4 Å². The summed E-state index contributed by atoms with van der Waals surface area (Å²) in [4.78, 5) is 2.29. The van der Waals surface area contributed by atoms with Crippen LogP contribution in [-0.2, 0) is 21.5 Å². The minimum absolute atomic E-state index is 0.0868. The number of nitrogens with zero attached hydrogens (tertiary/aromatic N) is 1. The molecule has 0 aliphatic carbocycles. The first kappa shape index (κ1) is 21.3. The lowest BCUT2D eigenvalue weighted by atomic mass is 10.1. The number of hydrazone groups is 1. The third-order valence-corrected chi connectivity index (χ3v) is 6.39. The molecule has 0 saturated carbocycles. The molecule has 6 nitrogen and oxygen atoms in total. The number of halogens is 1. The number of furan rings is 1. The Morgan fingerprint density at radius 3 is 2.66 bits per heavy atom. The molecular formula is C20H19ClN2O4S2. The van der Waals surface area contributed by atoms with Gasteiger partial charge in [0.25, 0.3) is 10.0 Å². The maximum Gasteiger partial charge on any atom is 0.276 e. The number of hydrogen-bond acceptors (Lipinski definition) is 6. The number of thioether (sulfide) groups is 1. The van der Waals surface area contributed by atoms with E-state index in [9.17, 15) is 8.42 Å². The van der Waals surface area contributed by atoms with Gasteiger partial charge < -0.3 is 9.15 Å². The number of benzene rings is 2. The Morgan fingerprint density at radius 2 is 1.97 bits per heavy atom. The molecule has 1 heterocycles. The Morgan fingerprint density at radius 1 is 1.17 bits per heavy atom. The lowest BCUT2D eigenvalue weighted by Gasteiger charge is -2.09. The first-order valence-electron chi connectivity index (χ1n) is 8.55. The maximum atomic E-state index is 12.3. The van der Waals surface area contributed by atoms with Crippen LogP contribution < -0.4 is 9.57 Å². The van der Waals surface area contributed by atoms with Crippen LogP contribution in [0.5, 0.6) is 5.75 Å². The quantitative estimate of drug-likeness (QED) is 0.378. The van der Waals surface area contributed by atoms with E-state index in [1.54, 1.807) is 31.2 Å². The molecule has 0 atom stereocenters. The zero-order chi connectivity index (χ0) is 20.7. The van der Waals surface area contributed by atoms with E-state index < -0.39 is 10.0 Å². The van der Waals surface area contributed by atoms with E-state index >= 15 is 0 Å². The van der Waals surface area contributed by atoms with Crippen LogP contribution in [-0.4, -0.2) is 21.7 Å². The third-order valence-electron chi connectivity index (χ3n) is 3.90. The number of sulfonamides is 1. The molecule has 3 aromatic rings. The molecule has 3 rings (SSSR count). The molecule has 0 radical (unpaired) electrons. The van der Waals surface area contributed by atoms with E-state index in [0.29, 0.717) is 10.8 Å². The standard InChI is InChI=1S/C20H19ClN2O4S2/c1-26-20-9-4-15(11-16(20)13-28-14-18-3-2-10-27-18)12-22-23-29(24,25)19-7-5-17(21)6-8-19/h2-12,23H,13-14H2,1H3. The molecular weight excluding hydrogens is 432 g/mol. The maximum absolute atomic E-state index is 12.3. The molecule has 0 fully saturated rings. The number of ether oxygens (including phenoxy) is 1. The van der Waals surface area contributed by atoms with Crippen molar-refractivity contribution in [3.8, 4) is 5.75 Å². The highest BCUT2D eigenvalue weighted by molar-refractivity contribution is 7.97. The topological polar surface area (TPSA) is 80.9 Å². The van der Waals surface area contributed by atoms with Gasteiger partial charge in [0.05, 0.1) is 30.2 Å². The van der Waals surface area contributed by atoms with Gasteiger partial charge in [-0.15, -0.1) is 11.8 Å². The zero-order valence-corrected chi connectivity index (χ0v) is 17.9. The van der Waals surface area contributed by atoms with Gasteiger partial charge in [0.1, 0.15) is 11.5 Å². The molecule has 0 saturated heterocycles. The predicted octanol–water partition coefficient (Wildman–Crippen LogP) is 4.69. The monoisotopic (exact) mass is 450 g/mol. The average molecular weight is 451 g/mol. The highest BCUT2D eigenvalue weighted by Gasteiger charge is 2.12. The summed E-state index contributed by atoms with van der Waals surface area (Å²) in [5, 5.41) is 4.33. The van der Waals surface area contributed by atoms with Gasteiger partial charge >= 0.3 is 0 Å². The summed E-state index contributed by atoms with van der Waals surface area (Å²) < 4.78 is 35.3. The van der Waals surface area contributed by atoms with Gasteiger partial charge in [-0.05, 0) is 60.2 Å². The molecule has 2 aromatic carbocycles. The summed E-state index contributed by atoms with van der Waals surface area (Å²) in [5.41, 5.74) is 1.73. The van der Waals surface area contributed by atoms with Gasteiger partial charge in [-0.1, -0.05) is 11.6 Å². The van der Waals surface area contributed by atoms with Crippen LogP contribution in [0.1, 0.15) is 16.9 Å². The average Bonchev–Trinajstić information content (AvgIpc) is 3.22. The van der Waals surface area contributed by atoms with Crippen LogP contribution >= 0.6 is 23.4 Å². The van der Waals surface area contributed by atoms with Gasteiger partial charge in [0.2, 0.25) is 0 Å². The summed E-state index contributed by atoms with van der Waals surface area (Å²) in [6.07, 6.45) is 3.10. The van der Waals surface area contributed by atoms with Gasteiger partial charge in [-0.3, -0.25) is 0 Å². The van der Waals surface area contributed by atoms with Gasteiger partial charge in [0, 0.05) is 16.3 Å². The molecule has 0 aliphatic rings. The van der Waals surface area contributed by atoms with E-state index in [1.807, 2.05) is 24.3 Å². The van der Waals surface area contributed by atoms with Gasteiger partial charge in [0.15, 0.2) is 0 Å². The second-order valence-corrected chi connectivity index (χ2v) is 9.03. The van der Waals surface area contributed by atoms with Crippen molar-refractivity contribution >= 4 is 39.6 Å². The Hall–Kier alpha value is -2.42. The first-order valence-corrected chi connectivity index (χ1v) is 11.6. The summed E-state index contributed by atoms with van der Waals surface area (Å²) in [6.45, 7) is 0. The molecule has 0 spiro atoms. The zero-order valence-electron chi connectivity index (χ0n) is 15.5. The second-order valence-electron chi connectivity index (χ2n) is 5.95. The Kier molecular flexibility index (Phi) is 7.24. The number of nitrogens with one attached hydrogen (secondary N) is 1. The van der Waals surface area contributed by atoms with Crippen LogP contribution in [0, 0.1) is 0 Å².